The molecule has 0 spiro atoms. The van der Waals surface area contributed by atoms with E-state index in [0.29, 0.717) is 23.0 Å². The molecule has 0 aromatic heterocycles. The van der Waals surface area contributed by atoms with Crippen molar-refractivity contribution in [2.45, 2.75) is 24.9 Å². The van der Waals surface area contributed by atoms with E-state index in [1.165, 1.54) is 0 Å². The molecule has 0 saturated carbocycles. The van der Waals surface area contributed by atoms with E-state index in [4.69, 9.17) is 45.0 Å². The van der Waals surface area contributed by atoms with Gasteiger partial charge in [0.25, 0.3) is 0 Å². The lowest BCUT2D eigenvalue weighted by Crippen LogP contribution is -2.42. The number of ether oxygens (including phenoxy) is 1. The lowest BCUT2D eigenvalue weighted by Gasteiger charge is -2.18. The SMILES string of the molecule is O=C(O)CC(O)(CC(=O)O)C(=O)O.[2H]C([2H])([2H])N(CCOc1ccc(/C(=C(\CCCl)c2ccccc2)c2ccccc2)cc1)C([2H])([2H])[2H]. The number of rotatable bonds is 14. The molecular weight excluding hydrogens is 562 g/mol. The number of benzene rings is 3. The van der Waals surface area contributed by atoms with Crippen LogP contribution in [-0.2, 0) is 14.4 Å². The highest BCUT2D eigenvalue weighted by molar-refractivity contribution is 6.18. The largest absolute Gasteiger partial charge is 0.492 e. The van der Waals surface area contributed by atoms with Crippen LogP contribution >= 0.6 is 11.6 Å². The number of aliphatic carboxylic acids is 3. The molecule has 9 nitrogen and oxygen atoms in total. The van der Waals surface area contributed by atoms with Gasteiger partial charge in [-0.2, -0.15) is 0 Å². The van der Waals surface area contributed by atoms with Crippen LogP contribution in [0.4, 0.5) is 0 Å². The van der Waals surface area contributed by atoms with Gasteiger partial charge in [0.2, 0.25) is 0 Å². The van der Waals surface area contributed by atoms with E-state index in [1.807, 2.05) is 48.5 Å². The van der Waals surface area contributed by atoms with Crippen molar-refractivity contribution in [3.8, 4) is 5.75 Å². The molecule has 0 bridgehead atoms. The van der Waals surface area contributed by atoms with Crippen molar-refractivity contribution >= 4 is 40.7 Å². The number of nitrogens with zero attached hydrogens (tertiary/aromatic N) is 1. The van der Waals surface area contributed by atoms with Crippen LogP contribution in [0.1, 0.15) is 44.2 Å². The summed E-state index contributed by atoms with van der Waals surface area (Å²) < 4.78 is 50.4. The van der Waals surface area contributed by atoms with Gasteiger partial charge >= 0.3 is 17.9 Å². The summed E-state index contributed by atoms with van der Waals surface area (Å²) in [7, 11) is 0. The maximum Gasteiger partial charge on any atom is 0.336 e. The van der Waals surface area contributed by atoms with Gasteiger partial charge < -0.3 is 30.1 Å². The Morgan fingerprint density at radius 3 is 1.76 bits per heavy atom. The van der Waals surface area contributed by atoms with Crippen LogP contribution in [0, 0.1) is 0 Å². The highest BCUT2D eigenvalue weighted by Gasteiger charge is 2.40. The van der Waals surface area contributed by atoms with Gasteiger partial charge in [0.15, 0.2) is 5.60 Å². The zero-order valence-corrected chi connectivity index (χ0v) is 23.3. The second-order valence-corrected chi connectivity index (χ2v) is 9.40. The monoisotopic (exact) mass is 603 g/mol. The molecule has 0 aliphatic carbocycles. The fraction of sp³-hybridized carbons (Fsp3) is 0.281. The summed E-state index contributed by atoms with van der Waals surface area (Å²) in [5.74, 6) is -4.02. The van der Waals surface area contributed by atoms with E-state index in [2.05, 4.69) is 24.3 Å². The third-order valence-electron chi connectivity index (χ3n) is 5.84. The fourth-order valence-electron chi connectivity index (χ4n) is 3.95. The van der Waals surface area contributed by atoms with Gasteiger partial charge in [-0.25, -0.2) is 4.79 Å². The van der Waals surface area contributed by atoms with E-state index >= 15 is 0 Å². The molecule has 10 heteroatoms. The number of hydrogen-bond acceptors (Lipinski definition) is 6. The van der Waals surface area contributed by atoms with Gasteiger partial charge in [-0.05, 0) is 60.3 Å². The average molecular weight is 604 g/mol. The van der Waals surface area contributed by atoms with Gasteiger partial charge in [0.05, 0.1) is 12.8 Å². The van der Waals surface area contributed by atoms with E-state index < -0.39 is 50.3 Å². The molecule has 42 heavy (non-hydrogen) atoms. The normalized spacial score (nSPS) is 14.4. The third-order valence-corrected chi connectivity index (χ3v) is 6.03. The summed E-state index contributed by atoms with van der Waals surface area (Å²) in [5, 5.41) is 33.8. The van der Waals surface area contributed by atoms with Crippen LogP contribution in [0.3, 0.4) is 0 Å². The molecular formula is C32H36ClNO8. The van der Waals surface area contributed by atoms with Crippen molar-refractivity contribution in [3.05, 3.63) is 102 Å². The Kier molecular flexibility index (Phi) is 10.3. The number of likely N-dealkylation sites (N-methyl/N-ethyl adjacent to an activating group) is 1. The summed E-state index contributed by atoms with van der Waals surface area (Å²) in [4.78, 5) is 31.0. The molecule has 0 atom stereocenters. The van der Waals surface area contributed by atoms with Crippen molar-refractivity contribution in [1.29, 1.82) is 0 Å². The molecule has 0 fully saturated rings. The standard InChI is InChI=1S/C26H28ClNO.C6H8O7/c1-28(2)19-20-29-24-15-13-23(14-16-24)26(22-11-7-4-8-12-22)25(17-18-27)21-9-5-3-6-10-21;7-3(8)1-6(13,5(11)12)2-4(9)10/h3-16H,17-20H2,1-2H3;13H,1-2H2,(H,7,8)(H,9,10)(H,11,12)/b26-25+;/i1D3,2D3;. The molecule has 3 aromatic rings. The van der Waals surface area contributed by atoms with Crippen LogP contribution in [0.25, 0.3) is 11.1 Å². The maximum atomic E-state index is 10.3. The summed E-state index contributed by atoms with van der Waals surface area (Å²) in [6.45, 7) is -5.79. The minimum absolute atomic E-state index is 0.0704. The van der Waals surface area contributed by atoms with Crippen molar-refractivity contribution in [2.24, 2.45) is 0 Å². The highest BCUT2D eigenvalue weighted by atomic mass is 35.5. The average Bonchev–Trinajstić information content (AvgIpc) is 2.99. The molecule has 0 aliphatic rings. The minimum atomic E-state index is -2.74. The summed E-state index contributed by atoms with van der Waals surface area (Å²) in [6.07, 6.45) is -1.60. The Morgan fingerprint density at radius 1 is 0.810 bits per heavy atom. The first-order valence-electron chi connectivity index (χ1n) is 15.7. The Hall–Kier alpha value is -4.18. The first kappa shape index (κ1) is 25.5. The van der Waals surface area contributed by atoms with Gasteiger partial charge in [-0.3, -0.25) is 9.59 Å². The van der Waals surface area contributed by atoms with Crippen molar-refractivity contribution in [3.63, 3.8) is 0 Å². The maximum absolute atomic E-state index is 10.3. The number of hydrogen-bond donors (Lipinski definition) is 4. The predicted octanol–water partition coefficient (Wildman–Crippen LogP) is 4.97. The smallest absolute Gasteiger partial charge is 0.336 e. The summed E-state index contributed by atoms with van der Waals surface area (Å²) in [5.41, 5.74) is 2.61. The first-order chi connectivity index (χ1) is 22.4. The number of allylic oxidation sites excluding steroid dienone is 1. The van der Waals surface area contributed by atoms with Crippen LogP contribution in [0.5, 0.6) is 5.75 Å². The number of carboxylic acid groups (broad SMARTS) is 3. The molecule has 0 amide bonds. The van der Waals surface area contributed by atoms with Gasteiger partial charge in [-0.1, -0.05) is 72.8 Å². The Bertz CT molecular complexity index is 1500. The number of halogens is 1. The quantitative estimate of drug-likeness (QED) is 0.148. The van der Waals surface area contributed by atoms with Crippen LogP contribution in [0.15, 0.2) is 84.9 Å². The Morgan fingerprint density at radius 2 is 1.31 bits per heavy atom. The summed E-state index contributed by atoms with van der Waals surface area (Å²) in [6, 6.07) is 27.7. The van der Waals surface area contributed by atoms with Crippen LogP contribution < -0.4 is 4.74 Å². The molecule has 0 unspecified atom stereocenters. The first-order valence-corrected chi connectivity index (χ1v) is 13.2. The third kappa shape index (κ3) is 11.0. The molecule has 0 aliphatic heterocycles. The number of aliphatic hydroxyl groups is 1. The van der Waals surface area contributed by atoms with Crippen LogP contribution in [-0.4, -0.2) is 81.8 Å². The Balaban J connectivity index is 0.000000521. The van der Waals surface area contributed by atoms with Gasteiger partial charge in [0.1, 0.15) is 12.4 Å². The number of carbonyl (C=O) groups is 3. The van der Waals surface area contributed by atoms with Gasteiger partial charge in [-0.15, -0.1) is 11.6 Å². The van der Waals surface area contributed by atoms with Crippen LogP contribution in [0.2, 0.25) is 0 Å². The second-order valence-electron chi connectivity index (χ2n) is 9.03. The number of alkyl halides is 1. The molecule has 3 rings (SSSR count). The van der Waals surface area contributed by atoms with Gasteiger partial charge in [0, 0.05) is 20.6 Å². The highest BCUT2D eigenvalue weighted by Crippen LogP contribution is 2.35. The zero-order valence-electron chi connectivity index (χ0n) is 28.6. The second kappa shape index (κ2) is 16.9. The molecule has 3 aromatic carbocycles. The van der Waals surface area contributed by atoms with E-state index in [1.54, 1.807) is 12.1 Å². The molecule has 0 radical (unpaired) electrons. The lowest BCUT2D eigenvalue weighted by atomic mass is 9.88. The van der Waals surface area contributed by atoms with Crippen molar-refractivity contribution < 1.29 is 47.8 Å². The van der Waals surface area contributed by atoms with Crippen molar-refractivity contribution in [1.82, 2.24) is 4.90 Å². The topological polar surface area (TPSA) is 145 Å². The number of carboxylic acids is 3. The van der Waals surface area contributed by atoms with E-state index in [0.717, 1.165) is 27.8 Å². The van der Waals surface area contributed by atoms with E-state index in [-0.39, 0.29) is 13.2 Å². The summed E-state index contributed by atoms with van der Waals surface area (Å²) >= 11 is 6.20. The van der Waals surface area contributed by atoms with Crippen molar-refractivity contribution in [2.75, 3.05) is 33.0 Å². The molecule has 4 N–H and O–H groups in total. The molecule has 0 saturated heterocycles. The minimum Gasteiger partial charge on any atom is -0.492 e. The zero-order chi connectivity index (χ0) is 36.1. The predicted molar refractivity (Wildman–Crippen MR) is 162 cm³/mol. The van der Waals surface area contributed by atoms with E-state index in [9.17, 15) is 14.4 Å². The Labute approximate surface area is 258 Å². The molecule has 224 valence electrons. The fourth-order valence-corrected chi connectivity index (χ4v) is 4.14. The lowest BCUT2D eigenvalue weighted by molar-refractivity contribution is -0.170. The molecule has 0 heterocycles.